The third kappa shape index (κ3) is 4.09. The van der Waals surface area contributed by atoms with E-state index in [0.29, 0.717) is 5.33 Å². The Bertz CT molecular complexity index is 407. The number of hydrogen-bond donors (Lipinski definition) is 4. The van der Waals surface area contributed by atoms with Gasteiger partial charge in [-0.15, -0.1) is 0 Å². The van der Waals surface area contributed by atoms with Gasteiger partial charge in [0.1, 0.15) is 12.2 Å². The minimum absolute atomic E-state index is 0.132. The van der Waals surface area contributed by atoms with Crippen LogP contribution in [0.25, 0.3) is 0 Å². The Morgan fingerprint density at radius 3 is 2.26 bits per heavy atom. The maximum atomic E-state index is 10.5. The molecule has 4 N–H and O–H groups in total. The first kappa shape index (κ1) is 21.2. The number of alkyl halides is 4. The minimum atomic E-state index is -1.45. The first-order valence-electron chi connectivity index (χ1n) is 6.87. The zero-order valence-electron chi connectivity index (χ0n) is 11.8. The summed E-state index contributed by atoms with van der Waals surface area (Å²) in [7, 11) is 0. The van der Waals surface area contributed by atoms with Gasteiger partial charge in [0.05, 0.1) is 39.0 Å². The van der Waals surface area contributed by atoms with Gasteiger partial charge in [-0.2, -0.15) is 0 Å². The highest BCUT2D eigenvalue weighted by Crippen LogP contribution is 2.41. The van der Waals surface area contributed by atoms with Gasteiger partial charge < -0.3 is 34.6 Å². The number of aliphatic hydroxyl groups is 4. The van der Waals surface area contributed by atoms with Gasteiger partial charge in [0.25, 0.3) is 0 Å². The monoisotopic (exact) mass is 638 g/mol. The summed E-state index contributed by atoms with van der Waals surface area (Å²) in [5.41, 5.74) is 0. The van der Waals surface area contributed by atoms with Crippen molar-refractivity contribution in [1.29, 1.82) is 0 Å². The molecule has 7 nitrogen and oxygen atoms in total. The summed E-state index contributed by atoms with van der Waals surface area (Å²) in [6, 6.07) is 0. The van der Waals surface area contributed by atoms with Crippen molar-refractivity contribution in [3.8, 4) is 0 Å². The lowest BCUT2D eigenvalue weighted by molar-refractivity contribution is -0.355. The second-order valence-corrected chi connectivity index (χ2v) is 9.12. The molecular formula is C12H18Br3IO7. The van der Waals surface area contributed by atoms with Gasteiger partial charge in [-0.3, -0.25) is 0 Å². The molecule has 9 atom stereocenters. The Morgan fingerprint density at radius 2 is 1.78 bits per heavy atom. The first-order valence-corrected chi connectivity index (χ1v) is 11.3. The third-order valence-electron chi connectivity index (χ3n) is 3.91. The zero-order chi connectivity index (χ0) is 17.4. The maximum Gasteiger partial charge on any atom is 0.208 e. The Kier molecular flexibility index (Phi) is 8.03. The summed E-state index contributed by atoms with van der Waals surface area (Å²) in [6.07, 6.45) is -5.78. The lowest BCUT2D eigenvalue weighted by Crippen LogP contribution is -2.60. The molecule has 0 aromatic carbocycles. The van der Waals surface area contributed by atoms with Crippen molar-refractivity contribution in [3.05, 3.63) is 0 Å². The molecule has 0 amide bonds. The number of ether oxygens (including phenoxy) is 3. The Morgan fingerprint density at radius 1 is 1.13 bits per heavy atom. The molecule has 2 aliphatic rings. The molecule has 0 bridgehead atoms. The van der Waals surface area contributed by atoms with Crippen LogP contribution in [0, 0.1) is 0 Å². The highest BCUT2D eigenvalue weighted by Gasteiger charge is 2.57. The van der Waals surface area contributed by atoms with E-state index in [1.54, 1.807) is 0 Å². The predicted octanol–water partition coefficient (Wildman–Crippen LogP) is 0.255. The molecule has 0 unspecified atom stereocenters. The van der Waals surface area contributed by atoms with Gasteiger partial charge in [0.15, 0.2) is 6.29 Å². The Balaban J connectivity index is 2.18. The van der Waals surface area contributed by atoms with Crippen LogP contribution in [0.3, 0.4) is 0 Å². The third-order valence-corrected chi connectivity index (χ3v) is 7.96. The van der Waals surface area contributed by atoms with Crippen molar-refractivity contribution >= 4 is 70.4 Å². The topological polar surface area (TPSA) is 109 Å². The van der Waals surface area contributed by atoms with E-state index < -0.39 is 40.4 Å². The summed E-state index contributed by atoms with van der Waals surface area (Å²) < 4.78 is 16.6. The smallest absolute Gasteiger partial charge is 0.208 e. The summed E-state index contributed by atoms with van der Waals surface area (Å²) in [6.45, 7) is -0.326. The molecule has 0 radical (unpaired) electrons. The molecule has 0 saturated carbocycles. The van der Waals surface area contributed by atoms with Crippen molar-refractivity contribution in [2.75, 3.05) is 17.3 Å². The minimum Gasteiger partial charge on any atom is -0.394 e. The zero-order valence-corrected chi connectivity index (χ0v) is 18.7. The van der Waals surface area contributed by atoms with Crippen LogP contribution in [0.4, 0.5) is 0 Å². The van der Waals surface area contributed by atoms with Gasteiger partial charge in [0, 0.05) is 5.33 Å². The number of rotatable bonds is 5. The fraction of sp³-hybridized carbons (Fsp3) is 1.00. The van der Waals surface area contributed by atoms with Crippen LogP contribution in [-0.2, 0) is 14.2 Å². The van der Waals surface area contributed by atoms with Crippen molar-refractivity contribution in [2.45, 2.75) is 51.3 Å². The SMILES string of the molecule is OC[C@H]1O[C@H](O[C@]2(CBr)O[C@H](CBr)[C@@H](Br)[C@@H]2O)[C@H](O)[C@@H](O)[C@H]1I. The molecular weight excluding hydrogens is 623 g/mol. The quantitative estimate of drug-likeness (QED) is 0.252. The molecule has 2 aliphatic heterocycles. The van der Waals surface area contributed by atoms with Crippen LogP contribution in [-0.4, -0.2) is 89.0 Å². The van der Waals surface area contributed by atoms with Crippen LogP contribution >= 0.6 is 70.4 Å². The second kappa shape index (κ2) is 8.72. The van der Waals surface area contributed by atoms with Crippen molar-refractivity contribution < 1.29 is 34.6 Å². The molecule has 11 heteroatoms. The normalized spacial score (nSPS) is 51.1. The number of hydrogen-bond acceptors (Lipinski definition) is 7. The predicted molar refractivity (Wildman–Crippen MR) is 101 cm³/mol. The Hall–Kier alpha value is 1.89. The van der Waals surface area contributed by atoms with E-state index in [0.717, 1.165) is 0 Å². The van der Waals surface area contributed by atoms with Gasteiger partial charge in [-0.1, -0.05) is 70.4 Å². The first-order chi connectivity index (χ1) is 10.8. The molecule has 0 aromatic heterocycles. The van der Waals surface area contributed by atoms with Gasteiger partial charge in [-0.25, -0.2) is 0 Å². The lowest BCUT2D eigenvalue weighted by atomic mass is 10.0. The van der Waals surface area contributed by atoms with E-state index in [-0.39, 0.29) is 22.9 Å². The number of aliphatic hydroxyl groups excluding tert-OH is 4. The van der Waals surface area contributed by atoms with Crippen molar-refractivity contribution in [1.82, 2.24) is 0 Å². The molecule has 2 saturated heterocycles. The fourth-order valence-electron chi connectivity index (χ4n) is 2.53. The van der Waals surface area contributed by atoms with E-state index in [1.165, 1.54) is 0 Å². The molecule has 0 aromatic rings. The molecule has 2 heterocycles. The van der Waals surface area contributed by atoms with Gasteiger partial charge in [-0.05, 0) is 0 Å². The van der Waals surface area contributed by atoms with E-state index in [4.69, 9.17) is 14.2 Å². The molecule has 136 valence electrons. The molecule has 0 spiro atoms. The summed E-state index contributed by atoms with van der Waals surface area (Å²) in [5.74, 6) is -1.45. The van der Waals surface area contributed by atoms with Gasteiger partial charge >= 0.3 is 0 Å². The van der Waals surface area contributed by atoms with E-state index in [2.05, 4.69) is 47.8 Å². The molecule has 2 fully saturated rings. The summed E-state index contributed by atoms with van der Waals surface area (Å²) >= 11 is 11.9. The van der Waals surface area contributed by atoms with Crippen LogP contribution < -0.4 is 0 Å². The van der Waals surface area contributed by atoms with Crippen LogP contribution in [0.1, 0.15) is 0 Å². The average Bonchev–Trinajstić information content (AvgIpc) is 2.80. The van der Waals surface area contributed by atoms with Gasteiger partial charge in [0.2, 0.25) is 5.79 Å². The molecule has 0 aliphatic carbocycles. The Labute approximate surface area is 172 Å². The lowest BCUT2D eigenvalue weighted by Gasteiger charge is -2.43. The average molecular weight is 641 g/mol. The van der Waals surface area contributed by atoms with Crippen LogP contribution in [0.2, 0.25) is 0 Å². The van der Waals surface area contributed by atoms with Crippen LogP contribution in [0.5, 0.6) is 0 Å². The molecule has 23 heavy (non-hydrogen) atoms. The number of halogens is 4. The highest BCUT2D eigenvalue weighted by atomic mass is 127. The second-order valence-electron chi connectivity index (χ2n) is 5.41. The van der Waals surface area contributed by atoms with E-state index >= 15 is 0 Å². The fourth-order valence-corrected chi connectivity index (χ4v) is 5.68. The standard InChI is InChI=1S/C12H18Br3IO7/c13-1-4-6(15)10(20)12(3-14,22-4)23-11-9(19)8(18)7(16)5(2-17)21-11/h4-11,17-20H,1-3H2/t4-,5-,6-,7+,8+,9-,10+,11-,12+/m1/s1. The van der Waals surface area contributed by atoms with E-state index in [1.807, 2.05) is 22.6 Å². The largest absolute Gasteiger partial charge is 0.394 e. The van der Waals surface area contributed by atoms with Crippen molar-refractivity contribution in [3.63, 3.8) is 0 Å². The van der Waals surface area contributed by atoms with Crippen molar-refractivity contribution in [2.24, 2.45) is 0 Å². The summed E-state index contributed by atoms with van der Waals surface area (Å²) in [4.78, 5) is -0.379. The maximum absolute atomic E-state index is 10.5. The highest BCUT2D eigenvalue weighted by molar-refractivity contribution is 14.1. The van der Waals surface area contributed by atoms with Crippen LogP contribution in [0.15, 0.2) is 0 Å². The van der Waals surface area contributed by atoms with E-state index in [9.17, 15) is 20.4 Å². The molecule has 2 rings (SSSR count). The summed E-state index contributed by atoms with van der Waals surface area (Å²) in [5, 5.41) is 40.7.